The van der Waals surface area contributed by atoms with E-state index in [-0.39, 0.29) is 5.60 Å². The molecule has 0 aromatic carbocycles. The maximum absolute atomic E-state index is 5.49. The smallest absolute Gasteiger partial charge is 0.139 e. The SMILES string of the molecule is CCC(C)(OC)c1nc2ccncc2[nH]1. The fourth-order valence-corrected chi connectivity index (χ4v) is 1.52. The first kappa shape index (κ1) is 10.1. The van der Waals surface area contributed by atoms with Crippen molar-refractivity contribution in [1.29, 1.82) is 0 Å². The van der Waals surface area contributed by atoms with Crippen molar-refractivity contribution in [1.82, 2.24) is 15.0 Å². The summed E-state index contributed by atoms with van der Waals surface area (Å²) in [4.78, 5) is 11.8. The van der Waals surface area contributed by atoms with Gasteiger partial charge in [0.15, 0.2) is 0 Å². The number of rotatable bonds is 3. The molecule has 2 aromatic rings. The Morgan fingerprint density at radius 2 is 2.33 bits per heavy atom. The lowest BCUT2D eigenvalue weighted by molar-refractivity contribution is -0.00803. The lowest BCUT2D eigenvalue weighted by Crippen LogP contribution is -2.24. The van der Waals surface area contributed by atoms with Crippen LogP contribution in [0.4, 0.5) is 0 Å². The van der Waals surface area contributed by atoms with Crippen molar-refractivity contribution < 1.29 is 4.74 Å². The number of nitrogens with zero attached hydrogens (tertiary/aromatic N) is 2. The van der Waals surface area contributed by atoms with Gasteiger partial charge in [-0.15, -0.1) is 0 Å². The first-order chi connectivity index (χ1) is 7.19. The summed E-state index contributed by atoms with van der Waals surface area (Å²) >= 11 is 0. The summed E-state index contributed by atoms with van der Waals surface area (Å²) in [6, 6.07) is 1.89. The predicted octanol–water partition coefficient (Wildman–Crippen LogP) is 2.23. The molecule has 0 radical (unpaired) electrons. The normalized spacial score (nSPS) is 15.4. The third kappa shape index (κ3) is 1.61. The standard InChI is InChI=1S/C11H15N3O/c1-4-11(2,15-3)10-13-8-5-6-12-7-9(8)14-10/h5-7H,4H2,1-3H3,(H,13,14). The molecule has 15 heavy (non-hydrogen) atoms. The summed E-state index contributed by atoms with van der Waals surface area (Å²) in [6.07, 6.45) is 4.39. The Kier molecular flexibility index (Phi) is 2.44. The van der Waals surface area contributed by atoms with Gasteiger partial charge in [0, 0.05) is 13.3 Å². The maximum atomic E-state index is 5.49. The van der Waals surface area contributed by atoms with Crippen molar-refractivity contribution in [2.75, 3.05) is 7.11 Å². The number of fused-ring (bicyclic) bond motifs is 1. The highest BCUT2D eigenvalue weighted by molar-refractivity contribution is 5.73. The minimum atomic E-state index is -0.348. The van der Waals surface area contributed by atoms with Gasteiger partial charge in [0.2, 0.25) is 0 Å². The number of hydrogen-bond acceptors (Lipinski definition) is 3. The predicted molar refractivity (Wildman–Crippen MR) is 58.5 cm³/mol. The molecule has 0 aliphatic carbocycles. The monoisotopic (exact) mass is 205 g/mol. The molecule has 80 valence electrons. The van der Waals surface area contributed by atoms with Crippen LogP contribution < -0.4 is 0 Å². The highest BCUT2D eigenvalue weighted by Gasteiger charge is 2.27. The van der Waals surface area contributed by atoms with Crippen LogP contribution in [-0.2, 0) is 10.3 Å². The Morgan fingerprint density at radius 1 is 1.53 bits per heavy atom. The number of pyridine rings is 1. The van der Waals surface area contributed by atoms with Crippen molar-refractivity contribution in [3.63, 3.8) is 0 Å². The highest BCUT2D eigenvalue weighted by Crippen LogP contribution is 2.27. The lowest BCUT2D eigenvalue weighted by Gasteiger charge is -2.23. The van der Waals surface area contributed by atoms with Gasteiger partial charge in [-0.3, -0.25) is 4.98 Å². The topological polar surface area (TPSA) is 50.8 Å². The molecule has 1 atom stereocenters. The third-order valence-corrected chi connectivity index (χ3v) is 2.91. The number of hydrogen-bond donors (Lipinski definition) is 1. The van der Waals surface area contributed by atoms with Gasteiger partial charge in [0.25, 0.3) is 0 Å². The van der Waals surface area contributed by atoms with E-state index in [2.05, 4.69) is 21.9 Å². The van der Waals surface area contributed by atoms with Crippen LogP contribution in [0.15, 0.2) is 18.5 Å². The van der Waals surface area contributed by atoms with Crippen molar-refractivity contribution in [2.45, 2.75) is 25.9 Å². The molecule has 2 aromatic heterocycles. The molecule has 1 unspecified atom stereocenters. The van der Waals surface area contributed by atoms with Crippen LogP contribution in [0.25, 0.3) is 11.0 Å². The molecular formula is C11H15N3O. The van der Waals surface area contributed by atoms with Crippen LogP contribution in [0.1, 0.15) is 26.1 Å². The number of aromatic amines is 1. The molecule has 0 aliphatic heterocycles. The Labute approximate surface area is 88.7 Å². The van der Waals surface area contributed by atoms with Gasteiger partial charge in [-0.2, -0.15) is 0 Å². The summed E-state index contributed by atoms with van der Waals surface area (Å²) in [7, 11) is 1.70. The molecule has 2 rings (SSSR count). The number of aromatic nitrogens is 3. The van der Waals surface area contributed by atoms with E-state index in [0.29, 0.717) is 0 Å². The summed E-state index contributed by atoms with van der Waals surface area (Å²) in [5.41, 5.74) is 1.53. The molecule has 0 spiro atoms. The van der Waals surface area contributed by atoms with Crippen LogP contribution in [0, 0.1) is 0 Å². The quantitative estimate of drug-likeness (QED) is 0.836. The number of imidazole rings is 1. The minimum absolute atomic E-state index is 0.348. The fraction of sp³-hybridized carbons (Fsp3) is 0.455. The van der Waals surface area contributed by atoms with E-state index in [1.807, 2.05) is 13.0 Å². The van der Waals surface area contributed by atoms with E-state index in [1.165, 1.54) is 0 Å². The van der Waals surface area contributed by atoms with Gasteiger partial charge in [-0.05, 0) is 19.4 Å². The summed E-state index contributed by atoms with van der Waals surface area (Å²) < 4.78 is 5.49. The van der Waals surface area contributed by atoms with Gasteiger partial charge in [0.1, 0.15) is 11.4 Å². The summed E-state index contributed by atoms with van der Waals surface area (Å²) in [5.74, 6) is 0.857. The zero-order chi connectivity index (χ0) is 10.9. The Hall–Kier alpha value is -1.42. The second-order valence-electron chi connectivity index (χ2n) is 3.77. The Bertz CT molecular complexity index is 427. The number of H-pyrrole nitrogens is 1. The zero-order valence-corrected chi connectivity index (χ0v) is 9.24. The molecule has 0 amide bonds. The van der Waals surface area contributed by atoms with E-state index < -0.39 is 0 Å². The van der Waals surface area contributed by atoms with Gasteiger partial charge in [0.05, 0.1) is 17.2 Å². The largest absolute Gasteiger partial charge is 0.371 e. The Balaban J connectivity index is 2.52. The van der Waals surface area contributed by atoms with E-state index in [4.69, 9.17) is 4.74 Å². The second-order valence-corrected chi connectivity index (χ2v) is 3.77. The van der Waals surface area contributed by atoms with Crippen molar-refractivity contribution >= 4 is 11.0 Å². The first-order valence-corrected chi connectivity index (χ1v) is 5.05. The van der Waals surface area contributed by atoms with E-state index >= 15 is 0 Å². The molecule has 4 nitrogen and oxygen atoms in total. The number of nitrogens with one attached hydrogen (secondary N) is 1. The van der Waals surface area contributed by atoms with Crippen LogP contribution in [0.2, 0.25) is 0 Å². The third-order valence-electron chi connectivity index (χ3n) is 2.91. The molecule has 2 heterocycles. The van der Waals surface area contributed by atoms with E-state index in [1.54, 1.807) is 19.5 Å². The summed E-state index contributed by atoms with van der Waals surface area (Å²) in [5, 5.41) is 0. The maximum Gasteiger partial charge on any atom is 0.139 e. The molecule has 0 saturated carbocycles. The summed E-state index contributed by atoms with van der Waals surface area (Å²) in [6.45, 7) is 4.10. The van der Waals surface area contributed by atoms with E-state index in [0.717, 1.165) is 23.3 Å². The molecule has 1 N–H and O–H groups in total. The van der Waals surface area contributed by atoms with Gasteiger partial charge in [-0.1, -0.05) is 6.92 Å². The van der Waals surface area contributed by atoms with Gasteiger partial charge >= 0.3 is 0 Å². The average molecular weight is 205 g/mol. The molecule has 0 bridgehead atoms. The Morgan fingerprint density at radius 3 is 2.93 bits per heavy atom. The number of ether oxygens (including phenoxy) is 1. The second kappa shape index (κ2) is 3.62. The molecule has 0 aliphatic rings. The highest BCUT2D eigenvalue weighted by atomic mass is 16.5. The van der Waals surface area contributed by atoms with Crippen LogP contribution in [0.5, 0.6) is 0 Å². The van der Waals surface area contributed by atoms with Gasteiger partial charge < -0.3 is 9.72 Å². The first-order valence-electron chi connectivity index (χ1n) is 5.05. The lowest BCUT2D eigenvalue weighted by atomic mass is 10.0. The van der Waals surface area contributed by atoms with Crippen molar-refractivity contribution in [3.05, 3.63) is 24.3 Å². The van der Waals surface area contributed by atoms with Crippen molar-refractivity contribution in [2.24, 2.45) is 0 Å². The van der Waals surface area contributed by atoms with Crippen LogP contribution in [-0.4, -0.2) is 22.1 Å². The molecule has 0 fully saturated rings. The zero-order valence-electron chi connectivity index (χ0n) is 9.24. The van der Waals surface area contributed by atoms with Crippen LogP contribution in [0.3, 0.4) is 0 Å². The molecular weight excluding hydrogens is 190 g/mol. The van der Waals surface area contributed by atoms with Crippen LogP contribution >= 0.6 is 0 Å². The molecule has 0 saturated heterocycles. The minimum Gasteiger partial charge on any atom is -0.371 e. The average Bonchev–Trinajstić information content (AvgIpc) is 2.72. The van der Waals surface area contributed by atoms with E-state index in [9.17, 15) is 0 Å². The molecule has 4 heteroatoms. The number of methoxy groups -OCH3 is 1. The fourth-order valence-electron chi connectivity index (χ4n) is 1.52. The van der Waals surface area contributed by atoms with Crippen molar-refractivity contribution in [3.8, 4) is 0 Å². The van der Waals surface area contributed by atoms with Gasteiger partial charge in [-0.25, -0.2) is 4.98 Å².